The topological polar surface area (TPSA) is 27.7 Å². The van der Waals surface area contributed by atoms with Gasteiger partial charge in [0.05, 0.1) is 5.73 Å². The van der Waals surface area contributed by atoms with Crippen molar-refractivity contribution in [3.8, 4) is 0 Å². The number of rotatable bonds is 4. The molecule has 0 aromatic carbocycles. The van der Waals surface area contributed by atoms with Gasteiger partial charge in [0, 0.05) is 21.3 Å². The summed E-state index contributed by atoms with van der Waals surface area (Å²) in [5.74, 6) is 0. The van der Waals surface area contributed by atoms with E-state index in [1.807, 2.05) is 6.92 Å². The smallest absolute Gasteiger partial charge is 0.350 e. The minimum atomic E-state index is -1.51. The minimum Gasteiger partial charge on any atom is -0.398 e. The summed E-state index contributed by atoms with van der Waals surface area (Å²) in [6.07, 6.45) is 0. The monoisotopic (exact) mass is 150 g/mol. The molecule has 3 nitrogen and oxygen atoms in total. The first kappa shape index (κ1) is 9.10. The molecule has 0 aliphatic rings. The Kier molecular flexibility index (Phi) is 4.98. The molecule has 0 aliphatic carbocycles. The van der Waals surface area contributed by atoms with Gasteiger partial charge in [-0.1, -0.05) is 0 Å². The molecular formula is C5H14O3Si. The molecule has 1 atom stereocenters. The number of ether oxygens (including phenoxy) is 1. The van der Waals surface area contributed by atoms with Crippen molar-refractivity contribution in [1.82, 2.24) is 0 Å². The van der Waals surface area contributed by atoms with Crippen LogP contribution in [0.4, 0.5) is 0 Å². The molecule has 1 unspecified atom stereocenters. The van der Waals surface area contributed by atoms with Crippen molar-refractivity contribution in [3.63, 3.8) is 0 Å². The standard InChI is InChI=1S/C5H14O3Si/c1-5(6-2)9(7-3)8-4/h5,9H,1-4H3. The van der Waals surface area contributed by atoms with Gasteiger partial charge >= 0.3 is 9.28 Å². The maximum absolute atomic E-state index is 5.04. The third-order valence-electron chi connectivity index (χ3n) is 1.22. The molecular weight excluding hydrogens is 136 g/mol. The van der Waals surface area contributed by atoms with Crippen LogP contribution in [0.3, 0.4) is 0 Å². The van der Waals surface area contributed by atoms with E-state index in [2.05, 4.69) is 0 Å². The van der Waals surface area contributed by atoms with Gasteiger partial charge in [-0.05, 0) is 6.92 Å². The molecule has 0 N–H and O–H groups in total. The van der Waals surface area contributed by atoms with E-state index in [0.717, 1.165) is 0 Å². The van der Waals surface area contributed by atoms with Crippen molar-refractivity contribution >= 4 is 9.28 Å². The molecule has 0 saturated heterocycles. The van der Waals surface area contributed by atoms with E-state index in [9.17, 15) is 0 Å². The highest BCUT2D eigenvalue weighted by atomic mass is 28.3. The molecule has 0 heterocycles. The van der Waals surface area contributed by atoms with E-state index < -0.39 is 9.28 Å². The van der Waals surface area contributed by atoms with E-state index in [1.165, 1.54) is 0 Å². The van der Waals surface area contributed by atoms with Gasteiger partial charge in [-0.3, -0.25) is 0 Å². The van der Waals surface area contributed by atoms with Crippen LogP contribution in [0.15, 0.2) is 0 Å². The third-order valence-corrected chi connectivity index (χ3v) is 3.19. The Morgan fingerprint density at radius 3 is 1.67 bits per heavy atom. The van der Waals surface area contributed by atoms with E-state index in [4.69, 9.17) is 13.6 Å². The van der Waals surface area contributed by atoms with Gasteiger partial charge in [-0.25, -0.2) is 0 Å². The molecule has 0 radical (unpaired) electrons. The van der Waals surface area contributed by atoms with E-state index >= 15 is 0 Å². The third kappa shape index (κ3) is 2.95. The van der Waals surface area contributed by atoms with E-state index in [1.54, 1.807) is 21.3 Å². The van der Waals surface area contributed by atoms with Gasteiger partial charge in [0.1, 0.15) is 0 Å². The van der Waals surface area contributed by atoms with Gasteiger partial charge in [-0.15, -0.1) is 0 Å². The van der Waals surface area contributed by atoms with Crippen LogP contribution in [0.2, 0.25) is 0 Å². The zero-order valence-electron chi connectivity index (χ0n) is 6.38. The summed E-state index contributed by atoms with van der Waals surface area (Å²) in [5, 5.41) is 0. The van der Waals surface area contributed by atoms with Crippen LogP contribution in [-0.4, -0.2) is 36.3 Å². The molecule has 0 bridgehead atoms. The van der Waals surface area contributed by atoms with Crippen LogP contribution in [-0.2, 0) is 13.6 Å². The molecule has 0 aliphatic heterocycles. The molecule has 0 saturated carbocycles. The fraction of sp³-hybridized carbons (Fsp3) is 1.00. The Morgan fingerprint density at radius 2 is 1.56 bits per heavy atom. The van der Waals surface area contributed by atoms with E-state index in [-0.39, 0.29) is 5.73 Å². The second-order valence-corrected chi connectivity index (χ2v) is 4.40. The Balaban J connectivity index is 3.50. The second kappa shape index (κ2) is 4.93. The summed E-state index contributed by atoms with van der Waals surface area (Å²) < 4.78 is 15.1. The predicted octanol–water partition coefficient (Wildman–Crippen LogP) is 0.0738. The first-order valence-electron chi connectivity index (χ1n) is 2.84. The molecule has 0 spiro atoms. The van der Waals surface area contributed by atoms with Crippen LogP contribution in [0, 0.1) is 0 Å². The summed E-state index contributed by atoms with van der Waals surface area (Å²) in [7, 11) is 3.44. The normalized spacial score (nSPS) is 14.3. The van der Waals surface area contributed by atoms with Gasteiger partial charge < -0.3 is 13.6 Å². The largest absolute Gasteiger partial charge is 0.398 e. The predicted molar refractivity (Wildman–Crippen MR) is 37.6 cm³/mol. The highest BCUT2D eigenvalue weighted by Gasteiger charge is 2.18. The van der Waals surface area contributed by atoms with Crippen molar-refractivity contribution < 1.29 is 13.6 Å². The van der Waals surface area contributed by atoms with Gasteiger partial charge in [-0.2, -0.15) is 0 Å². The Labute approximate surface area is 57.8 Å². The Hall–Kier alpha value is 0.0969. The highest BCUT2D eigenvalue weighted by Crippen LogP contribution is 1.95. The molecule has 0 amide bonds. The van der Waals surface area contributed by atoms with Crippen molar-refractivity contribution in [2.75, 3.05) is 21.3 Å². The molecule has 0 fully saturated rings. The SMILES string of the molecule is COC(C)[SiH](OC)OC. The van der Waals surface area contributed by atoms with Crippen LogP contribution in [0.5, 0.6) is 0 Å². The van der Waals surface area contributed by atoms with Crippen LogP contribution in [0.1, 0.15) is 6.92 Å². The molecule has 4 heteroatoms. The van der Waals surface area contributed by atoms with Gasteiger partial charge in [0.25, 0.3) is 0 Å². The average Bonchev–Trinajstić information content (AvgIpc) is 1.90. The fourth-order valence-electron chi connectivity index (χ4n) is 0.591. The zero-order chi connectivity index (χ0) is 7.28. The van der Waals surface area contributed by atoms with Gasteiger partial charge in [0.2, 0.25) is 0 Å². The zero-order valence-corrected chi connectivity index (χ0v) is 7.53. The summed E-state index contributed by atoms with van der Waals surface area (Å²) in [5.41, 5.74) is 0.125. The quantitative estimate of drug-likeness (QED) is 0.531. The lowest BCUT2D eigenvalue weighted by molar-refractivity contribution is 0.126. The fourth-order valence-corrected chi connectivity index (χ4v) is 1.77. The molecule has 56 valence electrons. The van der Waals surface area contributed by atoms with Crippen molar-refractivity contribution in [1.29, 1.82) is 0 Å². The van der Waals surface area contributed by atoms with Crippen molar-refractivity contribution in [3.05, 3.63) is 0 Å². The van der Waals surface area contributed by atoms with Crippen molar-refractivity contribution in [2.45, 2.75) is 12.7 Å². The summed E-state index contributed by atoms with van der Waals surface area (Å²) >= 11 is 0. The summed E-state index contributed by atoms with van der Waals surface area (Å²) in [4.78, 5) is 0. The number of hydrogen-bond donors (Lipinski definition) is 0. The summed E-state index contributed by atoms with van der Waals surface area (Å²) in [6.45, 7) is 1.95. The van der Waals surface area contributed by atoms with Gasteiger partial charge in [0.15, 0.2) is 0 Å². The Bertz CT molecular complexity index is 65.2. The molecule has 0 aromatic rings. The van der Waals surface area contributed by atoms with E-state index in [0.29, 0.717) is 0 Å². The average molecular weight is 150 g/mol. The first-order chi connectivity index (χ1) is 4.26. The second-order valence-electron chi connectivity index (χ2n) is 1.78. The lowest BCUT2D eigenvalue weighted by Gasteiger charge is -2.16. The lowest BCUT2D eigenvalue weighted by atomic mass is 10.9. The maximum Gasteiger partial charge on any atom is 0.350 e. The maximum atomic E-state index is 5.04. The number of hydrogen-bond acceptors (Lipinski definition) is 3. The van der Waals surface area contributed by atoms with Crippen molar-refractivity contribution in [2.24, 2.45) is 0 Å². The molecule has 0 rings (SSSR count). The van der Waals surface area contributed by atoms with Crippen LogP contribution >= 0.6 is 0 Å². The van der Waals surface area contributed by atoms with Crippen LogP contribution in [0.25, 0.3) is 0 Å². The molecule has 9 heavy (non-hydrogen) atoms. The highest BCUT2D eigenvalue weighted by molar-refractivity contribution is 6.45. The lowest BCUT2D eigenvalue weighted by Crippen LogP contribution is -2.34. The molecule has 0 aromatic heterocycles. The van der Waals surface area contributed by atoms with Crippen LogP contribution < -0.4 is 0 Å². The number of methoxy groups -OCH3 is 1. The Morgan fingerprint density at radius 1 is 1.11 bits per heavy atom. The minimum absolute atomic E-state index is 0.125. The first-order valence-corrected chi connectivity index (χ1v) is 4.45. The summed E-state index contributed by atoms with van der Waals surface area (Å²) in [6, 6.07) is 0.